The minimum Gasteiger partial charge on any atom is -0.479 e. The number of benzene rings is 2. The van der Waals surface area contributed by atoms with Crippen molar-refractivity contribution in [3.63, 3.8) is 0 Å². The fourth-order valence-electron chi connectivity index (χ4n) is 2.80. The number of nitrogens with one attached hydrogen (secondary N) is 1. The van der Waals surface area contributed by atoms with Gasteiger partial charge in [0.15, 0.2) is 5.54 Å². The predicted molar refractivity (Wildman–Crippen MR) is 89.8 cm³/mol. The van der Waals surface area contributed by atoms with Gasteiger partial charge >= 0.3 is 5.97 Å². The summed E-state index contributed by atoms with van der Waals surface area (Å²) in [5, 5.41) is 11.8. The number of carboxylic acid groups (broad SMARTS) is 1. The van der Waals surface area contributed by atoms with Gasteiger partial charge in [0.1, 0.15) is 5.82 Å². The normalized spacial score (nSPS) is 19.6. The van der Waals surface area contributed by atoms with Crippen LogP contribution in [0.2, 0.25) is 0 Å². The number of aliphatic carboxylic acids is 1. The zero-order chi connectivity index (χ0) is 18.0. The molecular weight excluding hydrogens is 325 g/mol. The van der Waals surface area contributed by atoms with Crippen molar-refractivity contribution in [3.8, 4) is 11.1 Å². The minimum atomic E-state index is -1.50. The molecule has 5 nitrogen and oxygen atoms in total. The van der Waals surface area contributed by atoms with E-state index < -0.39 is 23.2 Å². The molecule has 0 spiro atoms. The van der Waals surface area contributed by atoms with Crippen molar-refractivity contribution < 1.29 is 23.8 Å². The Hall–Kier alpha value is -2.73. The summed E-state index contributed by atoms with van der Waals surface area (Å²) in [6.45, 7) is 2.07. The minimum absolute atomic E-state index is 0.128. The largest absolute Gasteiger partial charge is 0.479 e. The van der Waals surface area contributed by atoms with Gasteiger partial charge in [-0.25, -0.2) is 9.18 Å². The molecule has 0 aromatic heterocycles. The zero-order valence-electron chi connectivity index (χ0n) is 13.7. The van der Waals surface area contributed by atoms with E-state index in [4.69, 9.17) is 4.74 Å². The van der Waals surface area contributed by atoms with E-state index in [9.17, 15) is 19.1 Å². The summed E-state index contributed by atoms with van der Waals surface area (Å²) in [7, 11) is 0. The fraction of sp³-hybridized carbons (Fsp3) is 0.263. The maximum atomic E-state index is 14.4. The van der Waals surface area contributed by atoms with Gasteiger partial charge in [0, 0.05) is 13.0 Å². The van der Waals surface area contributed by atoms with Gasteiger partial charge in [-0.15, -0.1) is 0 Å². The number of hydrogen-bond donors (Lipinski definition) is 2. The van der Waals surface area contributed by atoms with E-state index in [1.165, 1.54) is 12.1 Å². The van der Waals surface area contributed by atoms with Crippen molar-refractivity contribution in [2.24, 2.45) is 0 Å². The van der Waals surface area contributed by atoms with Crippen LogP contribution in [0.3, 0.4) is 0 Å². The maximum Gasteiger partial charge on any atom is 0.331 e. The quantitative estimate of drug-likeness (QED) is 0.895. The maximum absolute atomic E-state index is 14.4. The Labute approximate surface area is 144 Å². The van der Waals surface area contributed by atoms with Crippen molar-refractivity contribution in [3.05, 3.63) is 59.4 Å². The van der Waals surface area contributed by atoms with E-state index in [1.54, 1.807) is 6.07 Å². The van der Waals surface area contributed by atoms with Crippen molar-refractivity contribution >= 4 is 11.9 Å². The molecule has 25 heavy (non-hydrogen) atoms. The number of carbonyl (C=O) groups is 2. The molecule has 1 heterocycles. The van der Waals surface area contributed by atoms with Crippen LogP contribution in [0.25, 0.3) is 11.1 Å². The molecule has 130 valence electrons. The number of aryl methyl sites for hydroxylation is 1. The van der Waals surface area contributed by atoms with Crippen LogP contribution >= 0.6 is 0 Å². The first-order chi connectivity index (χ1) is 11.9. The summed E-state index contributed by atoms with van der Waals surface area (Å²) in [6, 6.07) is 11.9. The molecule has 3 rings (SSSR count). The Morgan fingerprint density at radius 2 is 1.84 bits per heavy atom. The molecule has 1 aliphatic rings. The fourth-order valence-corrected chi connectivity index (χ4v) is 2.80. The van der Waals surface area contributed by atoms with E-state index >= 15 is 0 Å². The van der Waals surface area contributed by atoms with Crippen LogP contribution in [-0.2, 0) is 9.53 Å². The van der Waals surface area contributed by atoms with Gasteiger partial charge in [-0.3, -0.25) is 4.79 Å². The molecule has 2 aromatic rings. The third kappa shape index (κ3) is 3.39. The molecule has 1 saturated heterocycles. The lowest BCUT2D eigenvalue weighted by molar-refractivity contribution is -0.144. The predicted octanol–water partition coefficient (Wildman–Crippen LogP) is 2.77. The molecule has 1 aliphatic heterocycles. The Kier molecular flexibility index (Phi) is 4.55. The van der Waals surface area contributed by atoms with Crippen LogP contribution in [0.15, 0.2) is 42.5 Å². The molecule has 1 unspecified atom stereocenters. The van der Waals surface area contributed by atoms with Gasteiger partial charge in [-0.1, -0.05) is 35.9 Å². The first kappa shape index (κ1) is 17.1. The summed E-state index contributed by atoms with van der Waals surface area (Å²) in [4.78, 5) is 23.8. The molecular formula is C19H18FNO4. The van der Waals surface area contributed by atoms with Gasteiger partial charge in [0.2, 0.25) is 0 Å². The lowest BCUT2D eigenvalue weighted by atomic mass is 9.97. The van der Waals surface area contributed by atoms with Crippen LogP contribution in [0.4, 0.5) is 4.39 Å². The molecule has 0 bridgehead atoms. The Morgan fingerprint density at radius 3 is 2.40 bits per heavy atom. The summed E-state index contributed by atoms with van der Waals surface area (Å²) in [6.07, 6.45) is 0.150. The Bertz CT molecular complexity index is 811. The summed E-state index contributed by atoms with van der Waals surface area (Å²) in [5.74, 6) is -2.65. The first-order valence-corrected chi connectivity index (χ1v) is 7.91. The van der Waals surface area contributed by atoms with Crippen LogP contribution in [0, 0.1) is 12.7 Å². The van der Waals surface area contributed by atoms with Crippen molar-refractivity contribution in [1.82, 2.24) is 5.32 Å². The zero-order valence-corrected chi connectivity index (χ0v) is 13.7. The second-order valence-corrected chi connectivity index (χ2v) is 6.20. The van der Waals surface area contributed by atoms with Gasteiger partial charge in [-0.2, -0.15) is 0 Å². The molecule has 0 radical (unpaired) electrons. The highest BCUT2D eigenvalue weighted by Gasteiger charge is 2.44. The molecule has 1 atom stereocenters. The van der Waals surface area contributed by atoms with Crippen molar-refractivity contribution in [2.45, 2.75) is 18.9 Å². The molecule has 1 fully saturated rings. The SMILES string of the molecule is Cc1ccc(-c2ccc(C(=O)NC3(C(=O)O)CCOC3)c(F)c2)cc1. The first-order valence-electron chi connectivity index (χ1n) is 7.91. The number of amides is 1. The average Bonchev–Trinajstić information content (AvgIpc) is 3.05. The van der Waals surface area contributed by atoms with Crippen molar-refractivity contribution in [1.29, 1.82) is 0 Å². The topological polar surface area (TPSA) is 75.6 Å². The second kappa shape index (κ2) is 6.64. The molecule has 2 N–H and O–H groups in total. The monoisotopic (exact) mass is 343 g/mol. The average molecular weight is 343 g/mol. The summed E-state index contributed by atoms with van der Waals surface area (Å²) >= 11 is 0. The molecule has 6 heteroatoms. The van der Waals surface area contributed by atoms with Gasteiger partial charge in [-0.05, 0) is 30.2 Å². The summed E-state index contributed by atoms with van der Waals surface area (Å²) in [5.41, 5.74) is 0.884. The van der Waals surface area contributed by atoms with Gasteiger partial charge in [0.05, 0.1) is 12.2 Å². The third-order valence-electron chi connectivity index (χ3n) is 4.38. The van der Waals surface area contributed by atoms with Gasteiger partial charge < -0.3 is 15.2 Å². The second-order valence-electron chi connectivity index (χ2n) is 6.20. The van der Waals surface area contributed by atoms with E-state index in [0.717, 1.165) is 11.1 Å². The number of halogens is 1. The highest BCUT2D eigenvalue weighted by molar-refractivity contribution is 5.98. The number of ether oxygens (including phenoxy) is 1. The molecule has 2 aromatic carbocycles. The number of rotatable bonds is 4. The third-order valence-corrected chi connectivity index (χ3v) is 4.38. The smallest absolute Gasteiger partial charge is 0.331 e. The molecule has 0 saturated carbocycles. The lowest BCUT2D eigenvalue weighted by Gasteiger charge is -2.23. The highest BCUT2D eigenvalue weighted by atomic mass is 19.1. The van der Waals surface area contributed by atoms with Crippen LogP contribution in [0.1, 0.15) is 22.3 Å². The molecule has 0 aliphatic carbocycles. The van der Waals surface area contributed by atoms with Crippen LogP contribution in [-0.4, -0.2) is 35.7 Å². The Balaban J connectivity index is 1.84. The van der Waals surface area contributed by atoms with Crippen LogP contribution < -0.4 is 5.32 Å². The number of carbonyl (C=O) groups excluding carboxylic acids is 1. The highest BCUT2D eigenvalue weighted by Crippen LogP contribution is 2.24. The van der Waals surface area contributed by atoms with E-state index in [-0.39, 0.29) is 25.2 Å². The van der Waals surface area contributed by atoms with E-state index in [2.05, 4.69) is 5.32 Å². The van der Waals surface area contributed by atoms with Crippen LogP contribution in [0.5, 0.6) is 0 Å². The van der Waals surface area contributed by atoms with E-state index in [0.29, 0.717) is 5.56 Å². The number of hydrogen-bond acceptors (Lipinski definition) is 3. The Morgan fingerprint density at radius 1 is 1.16 bits per heavy atom. The number of carboxylic acids is 1. The van der Waals surface area contributed by atoms with E-state index in [1.807, 2.05) is 31.2 Å². The summed E-state index contributed by atoms with van der Waals surface area (Å²) < 4.78 is 19.5. The molecule has 1 amide bonds. The lowest BCUT2D eigenvalue weighted by Crippen LogP contribution is -2.55. The van der Waals surface area contributed by atoms with Crippen molar-refractivity contribution in [2.75, 3.05) is 13.2 Å². The van der Waals surface area contributed by atoms with Gasteiger partial charge in [0.25, 0.3) is 5.91 Å². The standard InChI is InChI=1S/C19H18FNO4/c1-12-2-4-13(5-3-12)14-6-7-15(16(20)10-14)17(22)21-19(18(23)24)8-9-25-11-19/h2-7,10H,8-9,11H2,1H3,(H,21,22)(H,23,24).